The van der Waals surface area contributed by atoms with Crippen molar-refractivity contribution in [1.29, 1.82) is 0 Å². The third kappa shape index (κ3) is 5.29. The van der Waals surface area contributed by atoms with Crippen molar-refractivity contribution in [3.8, 4) is 17.4 Å². The minimum absolute atomic E-state index is 0.210. The molecule has 1 aromatic carbocycles. The number of amides is 2. The Balaban J connectivity index is 1.62. The van der Waals surface area contributed by atoms with Gasteiger partial charge in [-0.25, -0.2) is 4.98 Å². The number of pyridine rings is 1. The summed E-state index contributed by atoms with van der Waals surface area (Å²) in [5.41, 5.74) is 1.02. The van der Waals surface area contributed by atoms with Gasteiger partial charge in [-0.1, -0.05) is 12.1 Å². The largest absolute Gasteiger partial charge is 0.573 e. The van der Waals surface area contributed by atoms with Gasteiger partial charge in [0.25, 0.3) is 17.7 Å². The molecule has 0 saturated carbocycles. The molecule has 0 bridgehead atoms. The SMILES string of the molecule is CCn1ncc2c1C(NC(=O)c1ccccc1OC(F)(F)F)CCN2C(=O)c1cnc(OC)c(OC)c1. The molecule has 0 spiro atoms. The highest BCUT2D eigenvalue weighted by atomic mass is 19.4. The van der Waals surface area contributed by atoms with Crippen LogP contribution >= 0.6 is 0 Å². The average molecular weight is 519 g/mol. The number of alkyl halides is 3. The van der Waals surface area contributed by atoms with E-state index in [1.165, 1.54) is 55.8 Å². The standard InChI is InChI=1S/C24H24F3N5O5/c1-4-32-20-16(30-21(33)15-7-5-6-8-18(15)37-24(25,26)27)9-10-31(17(20)13-29-32)23(34)14-11-19(35-2)22(36-3)28-12-14/h5-8,11-13,16H,4,9-10H2,1-3H3,(H,30,33). The van der Waals surface area contributed by atoms with Crippen LogP contribution in [0.4, 0.5) is 18.9 Å². The van der Waals surface area contributed by atoms with Gasteiger partial charge in [0.05, 0.1) is 49.0 Å². The molecule has 0 radical (unpaired) electrons. The smallest absolute Gasteiger partial charge is 0.491 e. The summed E-state index contributed by atoms with van der Waals surface area (Å²) in [5.74, 6) is -1.19. The van der Waals surface area contributed by atoms with Crippen LogP contribution in [0, 0.1) is 0 Å². The molecule has 2 aromatic heterocycles. The Morgan fingerprint density at radius 1 is 1.14 bits per heavy atom. The molecule has 4 rings (SSSR count). The van der Waals surface area contributed by atoms with Gasteiger partial charge in [-0.05, 0) is 25.5 Å². The highest BCUT2D eigenvalue weighted by Gasteiger charge is 2.36. The molecule has 0 fully saturated rings. The number of aryl methyl sites for hydroxylation is 1. The first kappa shape index (κ1) is 25.8. The fraction of sp³-hybridized carbons (Fsp3) is 0.333. The number of rotatable bonds is 7. The quantitative estimate of drug-likeness (QED) is 0.507. The molecule has 196 valence electrons. The number of benzene rings is 1. The topological polar surface area (TPSA) is 108 Å². The van der Waals surface area contributed by atoms with Gasteiger partial charge in [0.2, 0.25) is 0 Å². The minimum Gasteiger partial charge on any atom is -0.491 e. The number of ether oxygens (including phenoxy) is 3. The van der Waals surface area contributed by atoms with Crippen LogP contribution in [0.2, 0.25) is 0 Å². The Bertz CT molecular complexity index is 1310. The number of para-hydroxylation sites is 1. The molecule has 0 saturated heterocycles. The van der Waals surface area contributed by atoms with E-state index in [0.29, 0.717) is 30.1 Å². The fourth-order valence-corrected chi connectivity index (χ4v) is 4.18. The molecule has 3 heterocycles. The maximum atomic E-state index is 13.4. The molecule has 1 unspecified atom stereocenters. The van der Waals surface area contributed by atoms with E-state index >= 15 is 0 Å². The third-order valence-electron chi connectivity index (χ3n) is 5.81. The Labute approximate surface area is 209 Å². The van der Waals surface area contributed by atoms with E-state index in [1.54, 1.807) is 4.68 Å². The Hall–Kier alpha value is -4.29. The number of halogens is 3. The number of anilines is 1. The zero-order valence-electron chi connectivity index (χ0n) is 20.2. The number of hydrogen-bond donors (Lipinski definition) is 1. The molecule has 10 nitrogen and oxygen atoms in total. The first-order chi connectivity index (χ1) is 17.7. The summed E-state index contributed by atoms with van der Waals surface area (Å²) in [4.78, 5) is 32.0. The fourth-order valence-electron chi connectivity index (χ4n) is 4.18. The van der Waals surface area contributed by atoms with E-state index in [-0.39, 0.29) is 29.5 Å². The number of methoxy groups -OCH3 is 2. The van der Waals surface area contributed by atoms with Crippen LogP contribution < -0.4 is 24.4 Å². The van der Waals surface area contributed by atoms with Crippen molar-refractivity contribution in [3.63, 3.8) is 0 Å². The van der Waals surface area contributed by atoms with E-state index in [9.17, 15) is 22.8 Å². The van der Waals surface area contributed by atoms with Crippen molar-refractivity contribution in [2.45, 2.75) is 32.3 Å². The summed E-state index contributed by atoms with van der Waals surface area (Å²) in [6.07, 6.45) is -1.77. The predicted octanol–water partition coefficient (Wildman–Crippen LogP) is 3.74. The van der Waals surface area contributed by atoms with E-state index in [1.807, 2.05) is 6.92 Å². The zero-order valence-corrected chi connectivity index (χ0v) is 20.2. The molecule has 37 heavy (non-hydrogen) atoms. The lowest BCUT2D eigenvalue weighted by molar-refractivity contribution is -0.274. The van der Waals surface area contributed by atoms with Gasteiger partial charge in [-0.15, -0.1) is 13.2 Å². The van der Waals surface area contributed by atoms with Crippen LogP contribution in [0.5, 0.6) is 17.4 Å². The van der Waals surface area contributed by atoms with Gasteiger partial charge in [0.15, 0.2) is 5.75 Å². The summed E-state index contributed by atoms with van der Waals surface area (Å²) in [7, 11) is 2.87. The number of nitrogens with one attached hydrogen (secondary N) is 1. The Morgan fingerprint density at radius 3 is 2.57 bits per heavy atom. The van der Waals surface area contributed by atoms with E-state index in [4.69, 9.17) is 9.47 Å². The van der Waals surface area contributed by atoms with Crippen molar-refractivity contribution in [2.75, 3.05) is 25.7 Å². The molecule has 1 atom stereocenters. The maximum Gasteiger partial charge on any atom is 0.573 e. The predicted molar refractivity (Wildman–Crippen MR) is 125 cm³/mol. The maximum absolute atomic E-state index is 13.4. The number of carbonyl (C=O) groups excluding carboxylic acids is 2. The first-order valence-corrected chi connectivity index (χ1v) is 11.3. The van der Waals surface area contributed by atoms with Gasteiger partial charge in [-0.2, -0.15) is 5.10 Å². The number of nitrogens with zero attached hydrogens (tertiary/aromatic N) is 4. The van der Waals surface area contributed by atoms with Gasteiger partial charge in [-0.3, -0.25) is 14.3 Å². The Kier molecular flexibility index (Phi) is 7.23. The van der Waals surface area contributed by atoms with Gasteiger partial charge in [0.1, 0.15) is 5.75 Å². The monoisotopic (exact) mass is 519 g/mol. The van der Waals surface area contributed by atoms with Gasteiger partial charge < -0.3 is 24.4 Å². The second-order valence-electron chi connectivity index (χ2n) is 7.98. The van der Waals surface area contributed by atoms with Gasteiger partial charge >= 0.3 is 6.36 Å². The molecular formula is C24H24F3N5O5. The molecule has 3 aromatic rings. The molecule has 1 aliphatic heterocycles. The van der Waals surface area contributed by atoms with E-state index < -0.39 is 24.1 Å². The van der Waals surface area contributed by atoms with Gasteiger partial charge in [0, 0.05) is 25.4 Å². The number of carbonyl (C=O) groups is 2. The highest BCUT2D eigenvalue weighted by molar-refractivity contribution is 6.07. The Morgan fingerprint density at radius 2 is 1.89 bits per heavy atom. The summed E-state index contributed by atoms with van der Waals surface area (Å²) in [6, 6.07) is 6.01. The van der Waals surface area contributed by atoms with Crippen LogP contribution in [0.15, 0.2) is 42.7 Å². The van der Waals surface area contributed by atoms with Crippen molar-refractivity contribution >= 4 is 17.5 Å². The van der Waals surface area contributed by atoms with Crippen molar-refractivity contribution in [3.05, 3.63) is 59.5 Å². The second-order valence-corrected chi connectivity index (χ2v) is 7.98. The molecule has 2 amide bonds. The van der Waals surface area contributed by atoms with Crippen LogP contribution in [0.1, 0.15) is 45.8 Å². The third-order valence-corrected chi connectivity index (χ3v) is 5.81. The lowest BCUT2D eigenvalue weighted by Gasteiger charge is -2.33. The van der Waals surface area contributed by atoms with Crippen molar-refractivity contribution in [2.24, 2.45) is 0 Å². The lowest BCUT2D eigenvalue weighted by atomic mass is 10.0. The van der Waals surface area contributed by atoms with Crippen molar-refractivity contribution < 1.29 is 37.0 Å². The molecule has 0 aliphatic carbocycles. The zero-order chi connectivity index (χ0) is 26.7. The van der Waals surface area contributed by atoms with Crippen LogP contribution in [-0.2, 0) is 6.54 Å². The highest BCUT2D eigenvalue weighted by Crippen LogP contribution is 2.36. The lowest BCUT2D eigenvalue weighted by Crippen LogP contribution is -2.41. The van der Waals surface area contributed by atoms with Crippen LogP contribution in [0.3, 0.4) is 0 Å². The molecule has 13 heteroatoms. The number of hydrogen-bond acceptors (Lipinski definition) is 7. The summed E-state index contributed by atoms with van der Waals surface area (Å²) >= 11 is 0. The average Bonchev–Trinajstić information content (AvgIpc) is 3.32. The summed E-state index contributed by atoms with van der Waals surface area (Å²) in [5, 5.41) is 7.11. The normalized spacial score (nSPS) is 15.1. The van der Waals surface area contributed by atoms with Crippen molar-refractivity contribution in [1.82, 2.24) is 20.1 Å². The molecular weight excluding hydrogens is 495 g/mol. The summed E-state index contributed by atoms with van der Waals surface area (Å²) < 4.78 is 54.5. The minimum atomic E-state index is -4.95. The number of fused-ring (bicyclic) bond motifs is 1. The first-order valence-electron chi connectivity index (χ1n) is 11.3. The van der Waals surface area contributed by atoms with Crippen LogP contribution in [-0.4, -0.2) is 53.7 Å². The molecule has 1 aliphatic rings. The number of aromatic nitrogens is 3. The second kappa shape index (κ2) is 10.4. The summed E-state index contributed by atoms with van der Waals surface area (Å²) in [6.45, 7) is 2.49. The van der Waals surface area contributed by atoms with E-state index in [0.717, 1.165) is 6.07 Å². The van der Waals surface area contributed by atoms with E-state index in [2.05, 4.69) is 20.1 Å². The molecule has 1 N–H and O–H groups in total. The van der Waals surface area contributed by atoms with Crippen LogP contribution in [0.25, 0.3) is 0 Å².